The minimum atomic E-state index is -3.66. The van der Waals surface area contributed by atoms with Gasteiger partial charge < -0.3 is 14.8 Å². The number of halogens is 1. The van der Waals surface area contributed by atoms with E-state index in [0.29, 0.717) is 21.2 Å². The predicted octanol–water partition coefficient (Wildman–Crippen LogP) is 3.77. The van der Waals surface area contributed by atoms with E-state index in [1.807, 2.05) is 32.0 Å². The largest absolute Gasteiger partial charge is 0.350 e. The lowest BCUT2D eigenvalue weighted by molar-refractivity contribution is -0.904. The third-order valence-corrected chi connectivity index (χ3v) is 8.13. The average molecular weight is 485 g/mol. The second kappa shape index (κ2) is 9.02. The summed E-state index contributed by atoms with van der Waals surface area (Å²) in [5, 5.41) is 14.1. The third-order valence-electron chi connectivity index (χ3n) is 5.39. The Balaban J connectivity index is 1.84. The van der Waals surface area contributed by atoms with Crippen molar-refractivity contribution < 1.29 is 23.8 Å². The molecule has 1 unspecified atom stereocenters. The number of aryl methyl sites for hydroxylation is 2. The van der Waals surface area contributed by atoms with E-state index in [1.54, 1.807) is 30.3 Å². The highest BCUT2D eigenvalue weighted by Gasteiger charge is 2.36. The highest BCUT2D eigenvalue weighted by atomic mass is 35.5. The molecular weight excluding hydrogens is 461 g/mol. The zero-order valence-corrected chi connectivity index (χ0v) is 20.1. The van der Waals surface area contributed by atoms with Crippen LogP contribution in [0.25, 0.3) is 10.9 Å². The van der Waals surface area contributed by atoms with Crippen LogP contribution in [0.2, 0.25) is 5.02 Å². The first kappa shape index (κ1) is 23.1. The van der Waals surface area contributed by atoms with Crippen LogP contribution >= 0.6 is 19.0 Å². The average Bonchev–Trinajstić information content (AvgIpc) is 3.16. The second-order valence-corrected chi connectivity index (χ2v) is 10.8. The predicted molar refractivity (Wildman–Crippen MR) is 128 cm³/mol. The van der Waals surface area contributed by atoms with Crippen LogP contribution in [0.15, 0.2) is 60.9 Å². The SMILES string of the molecule is COP(=O)(c1cc(C)cc(C)c1)c1c(C(=O)NCc2cc[n+](O)cc2)[nH]c2ccc(Cl)cc12. The molecule has 0 aliphatic carbocycles. The molecule has 9 heteroatoms. The van der Waals surface area contributed by atoms with Gasteiger partial charge in [-0.25, -0.2) is 0 Å². The van der Waals surface area contributed by atoms with Gasteiger partial charge in [-0.05, 0) is 49.7 Å². The van der Waals surface area contributed by atoms with Crippen LogP contribution in [0, 0.1) is 13.8 Å². The van der Waals surface area contributed by atoms with E-state index < -0.39 is 13.3 Å². The zero-order valence-electron chi connectivity index (χ0n) is 18.4. The van der Waals surface area contributed by atoms with Gasteiger partial charge in [0.1, 0.15) is 5.69 Å². The number of nitrogens with zero attached hydrogens (tertiary/aromatic N) is 1. The minimum Gasteiger partial charge on any atom is -0.350 e. The van der Waals surface area contributed by atoms with Crippen molar-refractivity contribution in [3.8, 4) is 0 Å². The van der Waals surface area contributed by atoms with Crippen molar-refractivity contribution in [3.63, 3.8) is 0 Å². The highest BCUT2D eigenvalue weighted by molar-refractivity contribution is 7.75. The molecule has 0 fully saturated rings. The summed E-state index contributed by atoms with van der Waals surface area (Å²) in [7, 11) is -2.27. The van der Waals surface area contributed by atoms with E-state index in [0.717, 1.165) is 21.4 Å². The maximum atomic E-state index is 14.4. The topological polar surface area (TPSA) is 95.3 Å². The van der Waals surface area contributed by atoms with E-state index in [2.05, 4.69) is 10.3 Å². The number of hydrogen-bond donors (Lipinski definition) is 3. The summed E-state index contributed by atoms with van der Waals surface area (Å²) < 4.78 is 21.0. The number of fused-ring (bicyclic) bond motifs is 1. The molecule has 4 rings (SSSR count). The Bertz CT molecular complexity index is 1380. The summed E-state index contributed by atoms with van der Waals surface area (Å²) in [6.45, 7) is 4.06. The van der Waals surface area contributed by atoms with Gasteiger partial charge in [0.05, 0.1) is 5.30 Å². The van der Waals surface area contributed by atoms with Crippen molar-refractivity contribution in [3.05, 3.63) is 88.3 Å². The molecule has 2 aromatic carbocycles. The quantitative estimate of drug-likeness (QED) is 0.220. The Morgan fingerprint density at radius 1 is 1.12 bits per heavy atom. The molecule has 1 atom stereocenters. The number of carbonyl (C=O) groups excluding carboxylic acids is 1. The molecule has 0 radical (unpaired) electrons. The molecule has 2 aromatic heterocycles. The highest BCUT2D eigenvalue weighted by Crippen LogP contribution is 2.47. The van der Waals surface area contributed by atoms with Gasteiger partial charge in [-0.1, -0.05) is 28.8 Å². The Morgan fingerprint density at radius 2 is 1.79 bits per heavy atom. The molecule has 0 bridgehead atoms. The monoisotopic (exact) mass is 484 g/mol. The summed E-state index contributed by atoms with van der Waals surface area (Å²) in [6.07, 6.45) is 2.94. The van der Waals surface area contributed by atoms with E-state index in [4.69, 9.17) is 16.1 Å². The number of nitrogens with one attached hydrogen (secondary N) is 2. The summed E-state index contributed by atoms with van der Waals surface area (Å²) in [4.78, 5) is 16.4. The van der Waals surface area contributed by atoms with Crippen molar-refractivity contribution in [1.29, 1.82) is 0 Å². The lowest BCUT2D eigenvalue weighted by Gasteiger charge is -2.19. The zero-order chi connectivity index (χ0) is 23.8. The van der Waals surface area contributed by atoms with Gasteiger partial charge in [0, 0.05) is 51.7 Å². The van der Waals surface area contributed by atoms with Crippen LogP contribution in [0.3, 0.4) is 0 Å². The number of H-pyrrole nitrogens is 1. The van der Waals surface area contributed by atoms with Gasteiger partial charge in [0.25, 0.3) is 13.3 Å². The van der Waals surface area contributed by atoms with E-state index in [9.17, 15) is 14.6 Å². The molecule has 33 heavy (non-hydrogen) atoms. The summed E-state index contributed by atoms with van der Waals surface area (Å²) in [6, 6.07) is 14.1. The number of aromatic amines is 1. The first-order valence-electron chi connectivity index (χ1n) is 10.3. The maximum absolute atomic E-state index is 14.4. The fraction of sp³-hybridized carbons (Fsp3) is 0.167. The Kier molecular flexibility index (Phi) is 6.30. The Hall–Kier alpha value is -3.12. The summed E-state index contributed by atoms with van der Waals surface area (Å²) in [5.41, 5.74) is 3.46. The molecule has 7 nitrogen and oxygen atoms in total. The molecule has 4 aromatic rings. The molecular formula is C24H24ClN3O4P+. The van der Waals surface area contributed by atoms with Gasteiger partial charge in [0.2, 0.25) is 12.4 Å². The van der Waals surface area contributed by atoms with Crippen LogP contribution in [-0.2, 0) is 15.6 Å². The van der Waals surface area contributed by atoms with Gasteiger partial charge in [-0.2, -0.15) is 0 Å². The molecule has 0 aliphatic rings. The fourth-order valence-electron chi connectivity index (χ4n) is 3.90. The van der Waals surface area contributed by atoms with Crippen molar-refractivity contribution in [2.24, 2.45) is 0 Å². The molecule has 0 spiro atoms. The number of pyridine rings is 1. The van der Waals surface area contributed by atoms with E-state index in [1.165, 1.54) is 19.5 Å². The molecule has 170 valence electrons. The second-order valence-electron chi connectivity index (χ2n) is 7.89. The fourth-order valence-corrected chi connectivity index (χ4v) is 6.43. The number of rotatable bonds is 6. The normalized spacial score (nSPS) is 13.1. The van der Waals surface area contributed by atoms with Crippen LogP contribution in [0.1, 0.15) is 27.2 Å². The molecule has 3 N–H and O–H groups in total. The Labute approximate surface area is 196 Å². The number of hydrogen-bond acceptors (Lipinski definition) is 4. The van der Waals surface area contributed by atoms with Crippen molar-refractivity contribution in [2.75, 3.05) is 7.11 Å². The lowest BCUT2D eigenvalue weighted by atomic mass is 10.2. The lowest BCUT2D eigenvalue weighted by Crippen LogP contribution is -2.31. The standard InChI is InChI=1S/C24H23ClN3O4P/c1-15-10-16(2)12-19(11-15)33(31,32-3)23-20-13-18(25)4-5-21(20)27-22(23)24(29)26-14-17-6-8-28(30)9-7-17/h4-13H,14H2,1-3H3,(H2-,26,27,29,30,31)/p+1. The molecule has 0 aliphatic heterocycles. The van der Waals surface area contributed by atoms with Crippen LogP contribution in [0.5, 0.6) is 0 Å². The first-order chi connectivity index (χ1) is 15.7. The van der Waals surface area contributed by atoms with Crippen LogP contribution in [0.4, 0.5) is 0 Å². The first-order valence-corrected chi connectivity index (χ1v) is 12.3. The smallest absolute Gasteiger partial charge is 0.268 e. The summed E-state index contributed by atoms with van der Waals surface area (Å²) in [5.74, 6) is -0.431. The van der Waals surface area contributed by atoms with Crippen molar-refractivity contribution >= 4 is 46.4 Å². The number of carbonyl (C=O) groups is 1. The van der Waals surface area contributed by atoms with Crippen LogP contribution < -0.4 is 20.7 Å². The van der Waals surface area contributed by atoms with Crippen molar-refractivity contribution in [2.45, 2.75) is 20.4 Å². The van der Waals surface area contributed by atoms with Crippen molar-refractivity contribution in [1.82, 2.24) is 10.3 Å². The molecule has 0 saturated heterocycles. The number of benzene rings is 2. The number of amides is 1. The third kappa shape index (κ3) is 4.53. The van der Waals surface area contributed by atoms with Gasteiger partial charge in [-0.15, -0.1) is 0 Å². The van der Waals surface area contributed by atoms with E-state index in [-0.39, 0.29) is 17.5 Å². The molecule has 1 amide bonds. The minimum absolute atomic E-state index is 0.157. The van der Waals surface area contributed by atoms with Crippen LogP contribution in [-0.4, -0.2) is 23.2 Å². The maximum Gasteiger partial charge on any atom is 0.268 e. The molecule has 0 saturated carbocycles. The summed E-state index contributed by atoms with van der Waals surface area (Å²) >= 11 is 6.26. The van der Waals surface area contributed by atoms with Gasteiger partial charge >= 0.3 is 0 Å². The Morgan fingerprint density at radius 3 is 2.42 bits per heavy atom. The molecule has 2 heterocycles. The van der Waals surface area contributed by atoms with E-state index >= 15 is 0 Å². The number of aromatic nitrogens is 2. The van der Waals surface area contributed by atoms with Gasteiger partial charge in [-0.3, -0.25) is 14.6 Å². The van der Waals surface area contributed by atoms with Gasteiger partial charge in [0.15, 0.2) is 0 Å².